The van der Waals surface area contributed by atoms with Crippen LogP contribution in [-0.2, 0) is 0 Å². The van der Waals surface area contributed by atoms with E-state index in [4.69, 9.17) is 5.11 Å². The lowest BCUT2D eigenvalue weighted by Crippen LogP contribution is -2.64. The first kappa shape index (κ1) is 8.21. The van der Waals surface area contributed by atoms with E-state index in [2.05, 4.69) is 5.32 Å². The van der Waals surface area contributed by atoms with Gasteiger partial charge in [0, 0.05) is 12.6 Å². The Balaban J connectivity index is 0.000000490. The van der Waals surface area contributed by atoms with Crippen LogP contribution in [0.2, 0.25) is 0 Å². The van der Waals surface area contributed by atoms with E-state index in [1.165, 1.54) is 0 Å². The van der Waals surface area contributed by atoms with Crippen LogP contribution in [0.5, 0.6) is 0 Å². The smallest absolute Gasteiger partial charge is 0.0892 e. The first-order valence-electron chi connectivity index (χ1n) is 2.59. The molecule has 0 aliphatic carbocycles. The molecule has 2 N–H and O–H groups in total. The summed E-state index contributed by atoms with van der Waals surface area (Å²) in [6.07, 6.45) is 0. The average Bonchev–Trinajstić information content (AvgIpc) is 1.63. The molecular weight excluding hydrogens is 126 g/mol. The van der Waals surface area contributed by atoms with Crippen molar-refractivity contribution in [3.05, 3.63) is 0 Å². The highest BCUT2D eigenvalue weighted by atomic mass is 35.5. The van der Waals surface area contributed by atoms with Crippen molar-refractivity contribution in [2.75, 3.05) is 6.54 Å². The largest absolute Gasteiger partial charge is 0.387 e. The Bertz CT molecular complexity index is 84.5. The van der Waals surface area contributed by atoms with E-state index < -0.39 is 5.60 Å². The third-order valence-electron chi connectivity index (χ3n) is 1.70. The summed E-state index contributed by atoms with van der Waals surface area (Å²) in [5.74, 6) is 0. The number of nitrogens with one attached hydrogen (secondary N) is 1. The molecule has 3 heteroatoms. The summed E-state index contributed by atoms with van der Waals surface area (Å²) in [5.41, 5.74) is -0.431. The Hall–Kier alpha value is 0.210. The summed E-state index contributed by atoms with van der Waals surface area (Å²) < 4.78 is 0. The van der Waals surface area contributed by atoms with Crippen molar-refractivity contribution in [2.24, 2.45) is 0 Å². The zero-order valence-corrected chi connectivity index (χ0v) is 5.96. The number of β-amino-alcohol motifs (C(OH)–C–C–N with tert-alkyl or cyclic N) is 1. The first-order chi connectivity index (χ1) is 3.13. The summed E-state index contributed by atoms with van der Waals surface area (Å²) in [6.45, 7) is 4.56. The topological polar surface area (TPSA) is 32.3 Å². The van der Waals surface area contributed by atoms with Crippen LogP contribution in [0.4, 0.5) is 0 Å². The highest BCUT2D eigenvalue weighted by Gasteiger charge is 2.36. The fourth-order valence-electron chi connectivity index (χ4n) is 0.602. The molecular formula is C5H12ClNO. The lowest BCUT2D eigenvalue weighted by atomic mass is 9.90. The zero-order valence-electron chi connectivity index (χ0n) is 5.14. The molecule has 1 rings (SSSR count). The summed E-state index contributed by atoms with van der Waals surface area (Å²) in [6, 6.07) is 0.285. The van der Waals surface area contributed by atoms with Crippen molar-refractivity contribution >= 4 is 12.4 Å². The number of aliphatic hydroxyl groups is 1. The van der Waals surface area contributed by atoms with E-state index in [1.54, 1.807) is 0 Å². The van der Waals surface area contributed by atoms with Gasteiger partial charge in [0.25, 0.3) is 0 Å². The highest BCUT2D eigenvalue weighted by Crippen LogP contribution is 2.16. The molecule has 0 radical (unpaired) electrons. The van der Waals surface area contributed by atoms with Crippen molar-refractivity contribution in [3.63, 3.8) is 0 Å². The molecule has 0 amide bonds. The van der Waals surface area contributed by atoms with Gasteiger partial charge in [0.1, 0.15) is 0 Å². The molecule has 1 saturated heterocycles. The van der Waals surface area contributed by atoms with Gasteiger partial charge in [-0.25, -0.2) is 0 Å². The molecule has 1 aliphatic rings. The van der Waals surface area contributed by atoms with E-state index in [1.807, 2.05) is 13.8 Å². The van der Waals surface area contributed by atoms with Crippen LogP contribution in [0.1, 0.15) is 13.8 Å². The molecule has 0 aromatic carbocycles. The standard InChI is InChI=1S/C5H11NO.ClH/c1-4-5(2,7)3-6-4;/h4,6-7H,3H2,1-2H3;1H/t4-,5-;/m1./s1. The summed E-state index contributed by atoms with van der Waals surface area (Å²) in [7, 11) is 0. The minimum Gasteiger partial charge on any atom is -0.387 e. The normalized spacial score (nSPS) is 44.6. The van der Waals surface area contributed by atoms with Crippen LogP contribution in [-0.4, -0.2) is 23.3 Å². The minimum atomic E-state index is -0.431. The maximum Gasteiger partial charge on any atom is 0.0892 e. The lowest BCUT2D eigenvalue weighted by Gasteiger charge is -2.41. The van der Waals surface area contributed by atoms with Crippen molar-refractivity contribution in [3.8, 4) is 0 Å². The number of hydrogen-bond donors (Lipinski definition) is 2. The van der Waals surface area contributed by atoms with Crippen LogP contribution in [0, 0.1) is 0 Å². The molecule has 8 heavy (non-hydrogen) atoms. The second kappa shape index (κ2) is 2.21. The van der Waals surface area contributed by atoms with Gasteiger partial charge >= 0.3 is 0 Å². The van der Waals surface area contributed by atoms with Gasteiger partial charge in [-0.15, -0.1) is 12.4 Å². The predicted molar refractivity (Wildman–Crippen MR) is 35.3 cm³/mol. The number of hydrogen-bond acceptors (Lipinski definition) is 2. The third-order valence-corrected chi connectivity index (χ3v) is 1.70. The second-order valence-corrected chi connectivity index (χ2v) is 2.46. The Kier molecular flexibility index (Phi) is 2.27. The predicted octanol–water partition coefficient (Wildman–Crippen LogP) is 0.151. The molecule has 1 heterocycles. The second-order valence-electron chi connectivity index (χ2n) is 2.46. The van der Waals surface area contributed by atoms with Crippen molar-refractivity contribution in [1.29, 1.82) is 0 Å². The Morgan fingerprint density at radius 1 is 1.75 bits per heavy atom. The highest BCUT2D eigenvalue weighted by molar-refractivity contribution is 5.85. The fourth-order valence-corrected chi connectivity index (χ4v) is 0.602. The minimum absolute atomic E-state index is 0. The molecule has 2 atom stereocenters. The summed E-state index contributed by atoms with van der Waals surface area (Å²) in [4.78, 5) is 0. The fraction of sp³-hybridized carbons (Fsp3) is 1.00. The maximum absolute atomic E-state index is 9.12. The molecule has 0 unspecified atom stereocenters. The van der Waals surface area contributed by atoms with Gasteiger partial charge in [-0.1, -0.05) is 0 Å². The van der Waals surface area contributed by atoms with Gasteiger partial charge in [0.2, 0.25) is 0 Å². The van der Waals surface area contributed by atoms with E-state index in [0.717, 1.165) is 6.54 Å². The van der Waals surface area contributed by atoms with Gasteiger partial charge in [-0.3, -0.25) is 0 Å². The van der Waals surface area contributed by atoms with E-state index in [-0.39, 0.29) is 18.4 Å². The first-order valence-corrected chi connectivity index (χ1v) is 2.59. The monoisotopic (exact) mass is 137 g/mol. The summed E-state index contributed by atoms with van der Waals surface area (Å²) >= 11 is 0. The molecule has 0 aromatic heterocycles. The van der Waals surface area contributed by atoms with Crippen LogP contribution >= 0.6 is 12.4 Å². The van der Waals surface area contributed by atoms with Gasteiger partial charge in [0.15, 0.2) is 0 Å². The molecule has 2 nitrogen and oxygen atoms in total. The van der Waals surface area contributed by atoms with Gasteiger partial charge in [-0.05, 0) is 13.8 Å². The quantitative estimate of drug-likeness (QED) is 0.498. The lowest BCUT2D eigenvalue weighted by molar-refractivity contribution is -0.0335. The van der Waals surface area contributed by atoms with Crippen LogP contribution in [0.3, 0.4) is 0 Å². The maximum atomic E-state index is 9.12. The third kappa shape index (κ3) is 1.13. The van der Waals surface area contributed by atoms with Crippen LogP contribution < -0.4 is 5.32 Å². The van der Waals surface area contributed by atoms with Crippen molar-refractivity contribution < 1.29 is 5.11 Å². The van der Waals surface area contributed by atoms with E-state index in [9.17, 15) is 0 Å². The van der Waals surface area contributed by atoms with Gasteiger partial charge in [-0.2, -0.15) is 0 Å². The number of halogens is 1. The van der Waals surface area contributed by atoms with Gasteiger partial charge < -0.3 is 10.4 Å². The molecule has 0 saturated carbocycles. The molecule has 1 aliphatic heterocycles. The molecule has 0 aromatic rings. The van der Waals surface area contributed by atoms with E-state index >= 15 is 0 Å². The Labute approximate surface area is 55.7 Å². The van der Waals surface area contributed by atoms with Gasteiger partial charge in [0.05, 0.1) is 5.60 Å². The molecule has 50 valence electrons. The average molecular weight is 138 g/mol. The van der Waals surface area contributed by atoms with Crippen LogP contribution in [0.15, 0.2) is 0 Å². The SMILES string of the molecule is C[C@H]1NC[C@@]1(C)O.Cl. The van der Waals surface area contributed by atoms with Crippen molar-refractivity contribution in [1.82, 2.24) is 5.32 Å². The molecule has 1 fully saturated rings. The Morgan fingerprint density at radius 3 is 2.12 bits per heavy atom. The van der Waals surface area contributed by atoms with Crippen LogP contribution in [0.25, 0.3) is 0 Å². The Morgan fingerprint density at radius 2 is 2.12 bits per heavy atom. The van der Waals surface area contributed by atoms with E-state index in [0.29, 0.717) is 0 Å². The zero-order chi connectivity index (χ0) is 5.49. The molecule has 0 spiro atoms. The van der Waals surface area contributed by atoms with Crippen molar-refractivity contribution in [2.45, 2.75) is 25.5 Å². The summed E-state index contributed by atoms with van der Waals surface area (Å²) in [5, 5.41) is 12.2. The molecule has 0 bridgehead atoms. The number of rotatable bonds is 0.